The molecule has 0 aliphatic carbocycles. The molecule has 0 radical (unpaired) electrons. The Bertz CT molecular complexity index is 1260. The average Bonchev–Trinajstić information content (AvgIpc) is 2.85. The van der Waals surface area contributed by atoms with Crippen LogP contribution in [-0.4, -0.2) is 35.6 Å². The normalized spacial score (nSPS) is 12.6. The molecule has 6 nitrogen and oxygen atoms in total. The fourth-order valence-corrected chi connectivity index (χ4v) is 4.21. The summed E-state index contributed by atoms with van der Waals surface area (Å²) in [6.45, 7) is 2.63. The highest BCUT2D eigenvalue weighted by Crippen LogP contribution is 2.25. The van der Waals surface area contributed by atoms with Crippen LogP contribution in [0.5, 0.6) is 0 Å². The second-order valence-electron chi connectivity index (χ2n) is 8.88. The Kier molecular flexibility index (Phi) is 11.0. The van der Waals surface area contributed by atoms with E-state index < -0.39 is 42.0 Å². The molecule has 38 heavy (non-hydrogen) atoms. The van der Waals surface area contributed by atoms with Gasteiger partial charge in [0.2, 0.25) is 11.8 Å². The molecule has 0 aliphatic heterocycles. The molecule has 0 saturated heterocycles. The van der Waals surface area contributed by atoms with E-state index in [9.17, 15) is 23.5 Å². The van der Waals surface area contributed by atoms with Crippen LogP contribution in [0.1, 0.15) is 30.0 Å². The second-order valence-corrected chi connectivity index (χ2v) is 9.70. The summed E-state index contributed by atoms with van der Waals surface area (Å²) in [6.07, 6.45) is -0.813. The third-order valence-corrected chi connectivity index (χ3v) is 6.53. The number of aliphatic hydroxyl groups excluding tert-OH is 1. The minimum atomic E-state index is -1.11. The SMILES string of the molecule is CCc1cccc(CNC[C@@H](O)[C@H](Cc2cc(F)cc(F)c2)NC(=O)CC(=O)Nc2ccc(Cl)c(Cl)c2)c1. The van der Waals surface area contributed by atoms with Gasteiger partial charge in [-0.25, -0.2) is 8.78 Å². The number of benzene rings is 3. The topological polar surface area (TPSA) is 90.5 Å². The van der Waals surface area contributed by atoms with Crippen LogP contribution in [0.3, 0.4) is 0 Å². The Labute approximate surface area is 230 Å². The number of aryl methyl sites for hydroxylation is 1. The Hall–Kier alpha value is -3.04. The van der Waals surface area contributed by atoms with Gasteiger partial charge in [-0.15, -0.1) is 0 Å². The van der Waals surface area contributed by atoms with Crippen molar-refractivity contribution in [3.8, 4) is 0 Å². The lowest BCUT2D eigenvalue weighted by atomic mass is 10.00. The zero-order valence-electron chi connectivity index (χ0n) is 20.7. The lowest BCUT2D eigenvalue weighted by Gasteiger charge is -2.25. The summed E-state index contributed by atoms with van der Waals surface area (Å²) >= 11 is 11.8. The summed E-state index contributed by atoms with van der Waals surface area (Å²) in [5.41, 5.74) is 2.83. The van der Waals surface area contributed by atoms with Gasteiger partial charge in [0.05, 0.1) is 22.2 Å². The number of amides is 2. The van der Waals surface area contributed by atoms with Gasteiger partial charge in [0.25, 0.3) is 0 Å². The first kappa shape index (κ1) is 29.5. The first-order valence-corrected chi connectivity index (χ1v) is 12.8. The van der Waals surface area contributed by atoms with Crippen molar-refractivity contribution in [1.82, 2.24) is 10.6 Å². The molecule has 3 aromatic rings. The van der Waals surface area contributed by atoms with E-state index in [0.29, 0.717) is 17.3 Å². The van der Waals surface area contributed by atoms with Crippen LogP contribution >= 0.6 is 23.2 Å². The lowest BCUT2D eigenvalue weighted by Crippen LogP contribution is -2.49. The Morgan fingerprint density at radius 1 is 0.895 bits per heavy atom. The molecule has 3 aromatic carbocycles. The van der Waals surface area contributed by atoms with Gasteiger partial charge in [-0.3, -0.25) is 9.59 Å². The number of anilines is 1. The van der Waals surface area contributed by atoms with Gasteiger partial charge in [-0.05, 0) is 59.9 Å². The summed E-state index contributed by atoms with van der Waals surface area (Å²) < 4.78 is 27.5. The maximum absolute atomic E-state index is 13.8. The molecule has 0 saturated carbocycles. The summed E-state index contributed by atoms with van der Waals surface area (Å²) in [4.78, 5) is 25.0. The van der Waals surface area contributed by atoms with Crippen molar-refractivity contribution in [2.24, 2.45) is 0 Å². The van der Waals surface area contributed by atoms with Gasteiger partial charge in [0.15, 0.2) is 0 Å². The molecule has 0 unspecified atom stereocenters. The van der Waals surface area contributed by atoms with Gasteiger partial charge < -0.3 is 21.1 Å². The second kappa shape index (κ2) is 14.2. The highest BCUT2D eigenvalue weighted by Gasteiger charge is 2.23. The highest BCUT2D eigenvalue weighted by atomic mass is 35.5. The molecule has 10 heteroatoms. The minimum absolute atomic E-state index is 0.0526. The molecule has 0 aromatic heterocycles. The molecule has 0 aliphatic rings. The molecular weight excluding hydrogens is 535 g/mol. The van der Waals surface area contributed by atoms with Crippen molar-refractivity contribution in [3.05, 3.63) is 99.0 Å². The third-order valence-electron chi connectivity index (χ3n) is 5.80. The van der Waals surface area contributed by atoms with E-state index in [4.69, 9.17) is 23.2 Å². The molecule has 0 spiro atoms. The predicted octanol–water partition coefficient (Wildman–Crippen LogP) is 5.04. The van der Waals surface area contributed by atoms with E-state index in [1.807, 2.05) is 18.2 Å². The van der Waals surface area contributed by atoms with Crippen molar-refractivity contribution in [3.63, 3.8) is 0 Å². The van der Waals surface area contributed by atoms with Gasteiger partial charge in [0.1, 0.15) is 18.1 Å². The Morgan fingerprint density at radius 3 is 2.29 bits per heavy atom. The van der Waals surface area contributed by atoms with E-state index in [2.05, 4.69) is 28.9 Å². The van der Waals surface area contributed by atoms with Crippen molar-refractivity contribution in [2.75, 3.05) is 11.9 Å². The quantitative estimate of drug-likeness (QED) is 0.232. The number of hydrogen-bond acceptors (Lipinski definition) is 4. The molecule has 2 amide bonds. The number of aliphatic hydroxyl groups is 1. The van der Waals surface area contributed by atoms with E-state index in [-0.39, 0.29) is 23.6 Å². The maximum Gasteiger partial charge on any atom is 0.233 e. The summed E-state index contributed by atoms with van der Waals surface area (Å²) in [6, 6.07) is 14.6. The molecule has 202 valence electrons. The van der Waals surface area contributed by atoms with E-state index in [0.717, 1.165) is 30.2 Å². The van der Waals surface area contributed by atoms with Crippen LogP contribution in [0.25, 0.3) is 0 Å². The van der Waals surface area contributed by atoms with Gasteiger partial charge in [0, 0.05) is 24.8 Å². The zero-order valence-corrected chi connectivity index (χ0v) is 22.3. The summed E-state index contributed by atoms with van der Waals surface area (Å²) in [7, 11) is 0. The van der Waals surface area contributed by atoms with E-state index >= 15 is 0 Å². The van der Waals surface area contributed by atoms with Crippen LogP contribution < -0.4 is 16.0 Å². The first-order chi connectivity index (χ1) is 18.1. The van der Waals surface area contributed by atoms with E-state index in [1.54, 1.807) is 0 Å². The average molecular weight is 564 g/mol. The largest absolute Gasteiger partial charge is 0.390 e. The fourth-order valence-electron chi connectivity index (χ4n) is 3.91. The van der Waals surface area contributed by atoms with Crippen LogP contribution in [0.2, 0.25) is 10.0 Å². The number of rotatable bonds is 12. The first-order valence-electron chi connectivity index (χ1n) is 12.1. The molecule has 3 rings (SSSR count). The molecule has 4 N–H and O–H groups in total. The molecule has 0 heterocycles. The standard InChI is InChI=1S/C28H29Cl2F2N3O3/c1-2-17-4-3-5-18(8-17)15-33-16-26(36)25(11-19-9-20(31)12-21(32)10-19)35-28(38)14-27(37)34-22-6-7-23(29)24(30)13-22/h3-10,12-13,25-26,33,36H,2,11,14-16H2,1H3,(H,34,37)(H,35,38)/t25-,26+/m0/s1. The van der Waals surface area contributed by atoms with Crippen LogP contribution in [-0.2, 0) is 29.0 Å². The number of carbonyl (C=O) groups excluding carboxylic acids is 2. The number of halogens is 4. The van der Waals surface area contributed by atoms with Crippen molar-refractivity contribution >= 4 is 40.7 Å². The van der Waals surface area contributed by atoms with Crippen molar-refractivity contribution in [1.29, 1.82) is 0 Å². The fraction of sp³-hybridized carbons (Fsp3) is 0.286. The van der Waals surface area contributed by atoms with Crippen LogP contribution in [0.15, 0.2) is 60.7 Å². The van der Waals surface area contributed by atoms with Crippen LogP contribution in [0.4, 0.5) is 14.5 Å². The zero-order chi connectivity index (χ0) is 27.7. The Morgan fingerprint density at radius 2 is 1.61 bits per heavy atom. The Balaban J connectivity index is 1.63. The van der Waals surface area contributed by atoms with Gasteiger partial charge in [-0.2, -0.15) is 0 Å². The molecule has 2 atom stereocenters. The van der Waals surface area contributed by atoms with Gasteiger partial charge >= 0.3 is 0 Å². The minimum Gasteiger partial charge on any atom is -0.390 e. The number of hydrogen-bond donors (Lipinski definition) is 4. The summed E-state index contributed by atoms with van der Waals surface area (Å²) in [5, 5.41) is 19.8. The van der Waals surface area contributed by atoms with E-state index in [1.165, 1.54) is 23.8 Å². The third kappa shape index (κ3) is 9.36. The predicted molar refractivity (Wildman–Crippen MR) is 145 cm³/mol. The number of carbonyl (C=O) groups is 2. The van der Waals surface area contributed by atoms with Crippen molar-refractivity contribution in [2.45, 2.75) is 44.9 Å². The van der Waals surface area contributed by atoms with Gasteiger partial charge in [-0.1, -0.05) is 54.4 Å². The maximum atomic E-state index is 13.8. The molecule has 0 bridgehead atoms. The smallest absolute Gasteiger partial charge is 0.233 e. The summed E-state index contributed by atoms with van der Waals surface area (Å²) in [5.74, 6) is -2.82. The molecular formula is C28H29Cl2F2N3O3. The number of nitrogens with one attached hydrogen (secondary N) is 3. The van der Waals surface area contributed by atoms with Crippen molar-refractivity contribution < 1.29 is 23.5 Å². The highest BCUT2D eigenvalue weighted by molar-refractivity contribution is 6.42. The lowest BCUT2D eigenvalue weighted by molar-refractivity contribution is -0.127. The molecule has 0 fully saturated rings. The van der Waals surface area contributed by atoms with Crippen LogP contribution in [0, 0.1) is 11.6 Å². The monoisotopic (exact) mass is 563 g/mol.